The number of furan rings is 2. The van der Waals surface area contributed by atoms with Crippen molar-refractivity contribution in [2.24, 2.45) is 0 Å². The van der Waals surface area contributed by atoms with Gasteiger partial charge in [-0.15, -0.1) is 6.58 Å². The third-order valence-corrected chi connectivity index (χ3v) is 7.07. The van der Waals surface area contributed by atoms with E-state index in [0.29, 0.717) is 0 Å². The van der Waals surface area contributed by atoms with Crippen LogP contribution in [-0.4, -0.2) is 8.07 Å². The standard InChI is InChI=1S/C19H28O2Si/c1-14(22(6,7)8)18(2,3)16-11-12-17(21-16)19(4,5)15-10-9-13-20-15/h9-13H,1H2,2-8H3. The van der Waals surface area contributed by atoms with Crippen LogP contribution in [0, 0.1) is 0 Å². The lowest BCUT2D eigenvalue weighted by Gasteiger charge is -2.33. The summed E-state index contributed by atoms with van der Waals surface area (Å²) in [5, 5.41) is 1.30. The zero-order valence-electron chi connectivity index (χ0n) is 14.9. The van der Waals surface area contributed by atoms with Gasteiger partial charge in [-0.3, -0.25) is 0 Å². The van der Waals surface area contributed by atoms with E-state index >= 15 is 0 Å². The fourth-order valence-corrected chi connectivity index (χ4v) is 4.85. The van der Waals surface area contributed by atoms with Crippen molar-refractivity contribution in [3.05, 3.63) is 59.6 Å². The van der Waals surface area contributed by atoms with Crippen LogP contribution < -0.4 is 0 Å². The van der Waals surface area contributed by atoms with Crippen LogP contribution in [0.25, 0.3) is 0 Å². The molecular weight excluding hydrogens is 288 g/mol. The van der Waals surface area contributed by atoms with E-state index in [1.165, 1.54) is 5.20 Å². The Hall–Kier alpha value is -1.48. The van der Waals surface area contributed by atoms with Crippen molar-refractivity contribution in [1.82, 2.24) is 0 Å². The van der Waals surface area contributed by atoms with Crippen molar-refractivity contribution in [2.45, 2.75) is 58.2 Å². The van der Waals surface area contributed by atoms with Crippen LogP contribution in [0.1, 0.15) is 45.0 Å². The summed E-state index contributed by atoms with van der Waals surface area (Å²) < 4.78 is 11.8. The molecule has 0 radical (unpaired) electrons. The van der Waals surface area contributed by atoms with Gasteiger partial charge in [0.1, 0.15) is 17.3 Å². The molecule has 0 saturated carbocycles. The Labute approximate surface area is 135 Å². The van der Waals surface area contributed by atoms with Crippen molar-refractivity contribution in [3.8, 4) is 0 Å². The third kappa shape index (κ3) is 2.87. The Bertz CT molecular complexity index is 652. The molecule has 3 heteroatoms. The summed E-state index contributed by atoms with van der Waals surface area (Å²) in [7, 11) is -1.44. The second-order valence-electron chi connectivity index (χ2n) is 8.12. The predicted octanol–water partition coefficient (Wildman–Crippen LogP) is 5.91. The summed E-state index contributed by atoms with van der Waals surface area (Å²) in [6.45, 7) is 20.0. The van der Waals surface area contributed by atoms with E-state index in [-0.39, 0.29) is 10.8 Å². The van der Waals surface area contributed by atoms with Crippen LogP contribution in [-0.2, 0) is 10.8 Å². The van der Waals surface area contributed by atoms with E-state index in [2.05, 4.69) is 66.0 Å². The minimum absolute atomic E-state index is 0.151. The van der Waals surface area contributed by atoms with E-state index < -0.39 is 8.07 Å². The first-order valence-electron chi connectivity index (χ1n) is 7.82. The maximum Gasteiger partial charge on any atom is 0.117 e. The summed E-state index contributed by atoms with van der Waals surface area (Å²) in [5.74, 6) is 2.82. The lowest BCUT2D eigenvalue weighted by molar-refractivity contribution is 0.333. The molecule has 0 saturated heterocycles. The Morgan fingerprint density at radius 3 is 2.05 bits per heavy atom. The van der Waals surface area contributed by atoms with E-state index in [1.54, 1.807) is 6.26 Å². The molecule has 0 atom stereocenters. The number of rotatable bonds is 5. The Balaban J connectivity index is 2.38. The van der Waals surface area contributed by atoms with Crippen LogP contribution in [0.15, 0.2) is 51.1 Å². The van der Waals surface area contributed by atoms with Crippen molar-refractivity contribution in [2.75, 3.05) is 0 Å². The van der Waals surface area contributed by atoms with Gasteiger partial charge in [0.2, 0.25) is 0 Å². The van der Waals surface area contributed by atoms with Gasteiger partial charge < -0.3 is 8.83 Å². The van der Waals surface area contributed by atoms with Crippen molar-refractivity contribution < 1.29 is 8.83 Å². The summed E-state index contributed by atoms with van der Waals surface area (Å²) in [6, 6.07) is 8.06. The van der Waals surface area contributed by atoms with Gasteiger partial charge in [-0.25, -0.2) is 0 Å². The smallest absolute Gasteiger partial charge is 0.117 e. The Kier molecular flexibility index (Phi) is 4.07. The highest BCUT2D eigenvalue weighted by molar-refractivity contribution is 6.83. The highest BCUT2D eigenvalue weighted by atomic mass is 28.3. The zero-order chi connectivity index (χ0) is 16.8. The van der Waals surface area contributed by atoms with Crippen LogP contribution in [0.2, 0.25) is 19.6 Å². The Morgan fingerprint density at radius 2 is 1.55 bits per heavy atom. The van der Waals surface area contributed by atoms with Crippen molar-refractivity contribution in [3.63, 3.8) is 0 Å². The molecule has 0 aliphatic rings. The summed E-state index contributed by atoms with van der Waals surface area (Å²) >= 11 is 0. The second-order valence-corrected chi connectivity index (χ2v) is 13.2. The van der Waals surface area contributed by atoms with Gasteiger partial charge in [0.25, 0.3) is 0 Å². The molecule has 2 aromatic rings. The maximum absolute atomic E-state index is 6.25. The minimum Gasteiger partial charge on any atom is -0.468 e. The molecule has 22 heavy (non-hydrogen) atoms. The van der Waals surface area contributed by atoms with E-state index in [1.807, 2.05) is 12.1 Å². The summed E-state index contributed by atoms with van der Waals surface area (Å²) in [6.07, 6.45) is 1.71. The largest absolute Gasteiger partial charge is 0.468 e. The molecule has 2 aromatic heterocycles. The lowest BCUT2D eigenvalue weighted by atomic mass is 9.87. The highest BCUT2D eigenvalue weighted by Crippen LogP contribution is 2.40. The quantitative estimate of drug-likeness (QED) is 0.641. The SMILES string of the molecule is C=C(C(C)(C)c1ccc(C(C)(C)c2ccco2)o1)[Si](C)(C)C. The topological polar surface area (TPSA) is 26.3 Å². The maximum atomic E-state index is 6.25. The van der Waals surface area contributed by atoms with Crippen molar-refractivity contribution >= 4 is 8.07 Å². The van der Waals surface area contributed by atoms with Crippen LogP contribution in [0.4, 0.5) is 0 Å². The molecule has 0 unspecified atom stereocenters. The molecule has 0 bridgehead atoms. The molecule has 0 N–H and O–H groups in total. The number of hydrogen-bond donors (Lipinski definition) is 0. The van der Waals surface area contributed by atoms with Gasteiger partial charge in [-0.1, -0.05) is 24.8 Å². The second kappa shape index (κ2) is 5.30. The number of hydrogen-bond acceptors (Lipinski definition) is 2. The summed E-state index contributed by atoms with van der Waals surface area (Å²) in [5.41, 5.74) is -0.430. The van der Waals surface area contributed by atoms with Crippen LogP contribution >= 0.6 is 0 Å². The average molecular weight is 317 g/mol. The first-order chi connectivity index (χ1) is 9.97. The molecule has 0 fully saturated rings. The lowest BCUT2D eigenvalue weighted by Crippen LogP contribution is -2.35. The van der Waals surface area contributed by atoms with E-state index in [9.17, 15) is 0 Å². The van der Waals surface area contributed by atoms with Gasteiger partial charge in [-0.2, -0.15) is 0 Å². The van der Waals surface area contributed by atoms with Gasteiger partial charge in [0, 0.05) is 5.41 Å². The van der Waals surface area contributed by atoms with Gasteiger partial charge in [0.15, 0.2) is 0 Å². The zero-order valence-corrected chi connectivity index (χ0v) is 15.9. The molecule has 0 aromatic carbocycles. The first kappa shape index (κ1) is 16.9. The summed E-state index contributed by atoms with van der Waals surface area (Å²) in [4.78, 5) is 0. The molecule has 2 nitrogen and oxygen atoms in total. The molecular formula is C19H28O2Si. The van der Waals surface area contributed by atoms with Gasteiger partial charge in [0.05, 0.1) is 19.8 Å². The first-order valence-corrected chi connectivity index (χ1v) is 11.3. The molecule has 2 heterocycles. The van der Waals surface area contributed by atoms with Crippen LogP contribution in [0.5, 0.6) is 0 Å². The molecule has 2 rings (SSSR count). The Morgan fingerprint density at radius 1 is 0.955 bits per heavy atom. The molecule has 0 amide bonds. The van der Waals surface area contributed by atoms with E-state index in [0.717, 1.165) is 17.3 Å². The predicted molar refractivity (Wildman–Crippen MR) is 95.1 cm³/mol. The molecule has 120 valence electrons. The third-order valence-electron chi connectivity index (χ3n) is 4.63. The normalized spacial score (nSPS) is 13.4. The molecule has 0 spiro atoms. The molecule has 0 aliphatic carbocycles. The van der Waals surface area contributed by atoms with Gasteiger partial charge >= 0.3 is 0 Å². The fraction of sp³-hybridized carbons (Fsp3) is 0.474. The minimum atomic E-state index is -1.44. The highest BCUT2D eigenvalue weighted by Gasteiger charge is 2.37. The van der Waals surface area contributed by atoms with E-state index in [4.69, 9.17) is 8.83 Å². The fourth-order valence-electron chi connectivity index (χ4n) is 2.85. The average Bonchev–Trinajstić information content (AvgIpc) is 3.08. The van der Waals surface area contributed by atoms with Crippen molar-refractivity contribution in [1.29, 1.82) is 0 Å². The number of allylic oxidation sites excluding steroid dienone is 1. The molecule has 0 aliphatic heterocycles. The van der Waals surface area contributed by atoms with Gasteiger partial charge in [-0.05, 0) is 52.0 Å². The van der Waals surface area contributed by atoms with Crippen LogP contribution in [0.3, 0.4) is 0 Å². The monoisotopic (exact) mass is 316 g/mol.